The van der Waals surface area contributed by atoms with Gasteiger partial charge < -0.3 is 39.9 Å². The molecule has 0 bridgehead atoms. The molecule has 402 valence electrons. The molecule has 1 fully saturated rings. The molecule has 2 unspecified atom stereocenters. The number of nitrogens with zero attached hydrogens (tertiary/aromatic N) is 2. The van der Waals surface area contributed by atoms with Gasteiger partial charge in [-0.15, -0.1) is 0 Å². The van der Waals surface area contributed by atoms with E-state index in [2.05, 4.69) is 59.6 Å². The fraction of sp³-hybridized carbons (Fsp3) is 0.660. The topological polar surface area (TPSA) is 283 Å². The Morgan fingerprint density at radius 1 is 0.718 bits per heavy atom. The molecule has 2 rings (SSSR count). The maximum atomic E-state index is 12.9. The molecule has 0 saturated carbocycles. The number of rotatable bonds is 41. The van der Waals surface area contributed by atoms with Gasteiger partial charge in [0.25, 0.3) is 0 Å². The zero-order valence-corrected chi connectivity index (χ0v) is 43.5. The van der Waals surface area contributed by atoms with Crippen LogP contribution in [0.4, 0.5) is 5.82 Å². The van der Waals surface area contributed by atoms with Gasteiger partial charge in [0.05, 0.1) is 13.2 Å². The molecule has 1 aromatic heterocycles. The number of allylic oxidation sites excluding steroid dienone is 10. The second-order valence-corrected chi connectivity index (χ2v) is 20.4. The highest BCUT2D eigenvalue weighted by atomic mass is 31.3. The third-order valence-corrected chi connectivity index (χ3v) is 13.7. The molecule has 0 aromatic carbocycles. The number of phosphoric ester groups is 2. The normalized spacial score (nSPS) is 19.6. The van der Waals surface area contributed by atoms with Crippen molar-refractivity contribution in [3.8, 4) is 0 Å². The molecule has 21 heteroatoms. The summed E-state index contributed by atoms with van der Waals surface area (Å²) in [5.74, 6) is -1.26. The summed E-state index contributed by atoms with van der Waals surface area (Å²) in [5, 5.41) is 20.9. The van der Waals surface area contributed by atoms with Crippen molar-refractivity contribution < 1.29 is 71.1 Å². The molecule has 71 heavy (non-hydrogen) atoms. The Morgan fingerprint density at radius 2 is 1.27 bits per heavy atom. The molecule has 2 heterocycles. The second-order valence-electron chi connectivity index (χ2n) is 17.3. The van der Waals surface area contributed by atoms with Crippen molar-refractivity contribution in [2.45, 2.75) is 192 Å². The van der Waals surface area contributed by atoms with Crippen molar-refractivity contribution in [3.63, 3.8) is 0 Å². The van der Waals surface area contributed by atoms with Crippen LogP contribution in [0.15, 0.2) is 77.8 Å². The fourth-order valence-electron chi connectivity index (χ4n) is 7.06. The number of ether oxygens (including phenoxy) is 3. The van der Waals surface area contributed by atoms with E-state index in [0.29, 0.717) is 19.3 Å². The third-order valence-electron chi connectivity index (χ3n) is 11.1. The summed E-state index contributed by atoms with van der Waals surface area (Å²) in [4.78, 5) is 73.7. The number of ketones is 1. The Bertz CT molecular complexity index is 1990. The first kappa shape index (κ1) is 63.2. The van der Waals surface area contributed by atoms with Gasteiger partial charge in [-0.05, 0) is 82.8 Å². The van der Waals surface area contributed by atoms with Gasteiger partial charge in [-0.25, -0.2) is 13.9 Å². The molecule has 6 N–H and O–H groups in total. The number of aliphatic hydroxyl groups is 2. The average molecular weight is 1040 g/mol. The summed E-state index contributed by atoms with van der Waals surface area (Å²) in [6.07, 6.45) is 32.8. The Hall–Kier alpha value is -3.87. The monoisotopic (exact) mass is 1040 g/mol. The number of esters is 2. The Morgan fingerprint density at radius 3 is 1.92 bits per heavy atom. The lowest BCUT2D eigenvalue weighted by Crippen LogP contribution is -2.36. The SMILES string of the molecule is CCCCC/C=C\C/C=C\C/C=C\CCCCCCC(=O)O[C@H](COC(=O)CCCCCCC/C=C\C=C\C(=O)CCCCC)COP(=O)(O)OP(=O)(O)OC[C@H]1O[C@@H](n2ccc(N)nc2=O)[C@H](O)[C@@H]1O. The average Bonchev–Trinajstić information content (AvgIpc) is 3.60. The number of carbonyl (C=O) groups excluding carboxylic acids is 3. The summed E-state index contributed by atoms with van der Waals surface area (Å²) in [6.45, 7) is 1.91. The van der Waals surface area contributed by atoms with Crippen LogP contribution in [0.3, 0.4) is 0 Å². The molecule has 1 aromatic rings. The number of hydrogen-bond acceptors (Lipinski definition) is 16. The van der Waals surface area contributed by atoms with Crippen molar-refractivity contribution in [1.29, 1.82) is 0 Å². The molecule has 1 aliphatic rings. The van der Waals surface area contributed by atoms with E-state index in [1.165, 1.54) is 25.3 Å². The van der Waals surface area contributed by atoms with Crippen molar-refractivity contribution in [2.75, 3.05) is 25.6 Å². The van der Waals surface area contributed by atoms with Crippen molar-refractivity contribution in [2.24, 2.45) is 0 Å². The predicted octanol–water partition coefficient (Wildman–Crippen LogP) is 9.51. The smallest absolute Gasteiger partial charge is 0.462 e. The number of aliphatic hydroxyl groups excluding tert-OH is 2. The van der Waals surface area contributed by atoms with Crippen LogP contribution in [-0.4, -0.2) is 91.5 Å². The molecule has 1 saturated heterocycles. The number of unbranched alkanes of at least 4 members (excludes halogenated alkanes) is 14. The number of anilines is 1. The van der Waals surface area contributed by atoms with Gasteiger partial charge in [-0.1, -0.05) is 126 Å². The van der Waals surface area contributed by atoms with Gasteiger partial charge in [0.1, 0.15) is 30.7 Å². The predicted molar refractivity (Wildman–Crippen MR) is 271 cm³/mol. The van der Waals surface area contributed by atoms with Crippen LogP contribution in [0.25, 0.3) is 0 Å². The number of phosphoric acid groups is 2. The van der Waals surface area contributed by atoms with Crippen LogP contribution in [0.2, 0.25) is 0 Å². The molecule has 19 nitrogen and oxygen atoms in total. The lowest BCUT2D eigenvalue weighted by atomic mass is 10.1. The zero-order chi connectivity index (χ0) is 52.2. The van der Waals surface area contributed by atoms with E-state index in [1.54, 1.807) is 12.2 Å². The van der Waals surface area contributed by atoms with Crippen molar-refractivity contribution in [1.82, 2.24) is 9.55 Å². The molecule has 0 aliphatic carbocycles. The third kappa shape index (κ3) is 30.7. The summed E-state index contributed by atoms with van der Waals surface area (Å²) in [7, 11) is -10.9. The number of nitrogen functional groups attached to an aromatic ring is 1. The van der Waals surface area contributed by atoms with Gasteiger partial charge in [0.15, 0.2) is 18.1 Å². The van der Waals surface area contributed by atoms with Gasteiger partial charge >= 0.3 is 33.3 Å². The van der Waals surface area contributed by atoms with E-state index < -0.39 is 83.7 Å². The van der Waals surface area contributed by atoms with Gasteiger partial charge in [-0.3, -0.25) is 28.0 Å². The van der Waals surface area contributed by atoms with Crippen LogP contribution < -0.4 is 11.4 Å². The van der Waals surface area contributed by atoms with Crippen molar-refractivity contribution >= 4 is 39.2 Å². The summed E-state index contributed by atoms with van der Waals surface area (Å²) in [5.41, 5.74) is 4.57. The molecule has 0 radical (unpaired) electrons. The van der Waals surface area contributed by atoms with E-state index >= 15 is 0 Å². The van der Waals surface area contributed by atoms with E-state index in [4.69, 9.17) is 29.0 Å². The largest absolute Gasteiger partial charge is 0.481 e. The molecule has 0 amide bonds. The highest BCUT2D eigenvalue weighted by Crippen LogP contribution is 2.60. The van der Waals surface area contributed by atoms with E-state index in [1.807, 2.05) is 12.2 Å². The van der Waals surface area contributed by atoms with E-state index in [-0.39, 0.29) is 24.4 Å². The highest BCUT2D eigenvalue weighted by molar-refractivity contribution is 7.61. The first-order chi connectivity index (χ1) is 34.1. The van der Waals surface area contributed by atoms with E-state index in [0.717, 1.165) is 107 Å². The maximum absolute atomic E-state index is 12.9. The van der Waals surface area contributed by atoms with Crippen LogP contribution in [0.1, 0.15) is 168 Å². The van der Waals surface area contributed by atoms with Crippen LogP contribution >= 0.6 is 15.6 Å². The minimum atomic E-state index is -5.45. The van der Waals surface area contributed by atoms with Crippen LogP contribution in [-0.2, 0) is 51.1 Å². The highest BCUT2D eigenvalue weighted by Gasteiger charge is 2.46. The standard InChI is InChI=1S/C50H81N3O16P2/c1-3-5-7-8-9-10-11-12-13-14-15-16-17-20-24-27-31-35-46(56)67-42(38-64-45(55)34-30-26-23-21-18-19-22-25-29-33-41(54)32-28-6-4-2)39-65-70(60,61)69-71(62,63)66-40-43-47(57)48(58)49(68-43)53-37-36-44(51)52-50(53)59/h9-10,12-13,15-16,22,25,29,33,36-37,42-43,47-49,57-58H,3-8,11,14,17-21,23-24,26-28,30-32,34-35,38-40H2,1-2H3,(H,60,61)(H,62,63)(H2,51,52,59)/b10-9-,13-12-,16-15-,25-22-,33-29+/t42-,43-,47-,48-,49-/m1/s1. The zero-order valence-electron chi connectivity index (χ0n) is 41.8. The maximum Gasteiger partial charge on any atom is 0.481 e. The molecule has 1 aliphatic heterocycles. The minimum Gasteiger partial charge on any atom is -0.462 e. The van der Waals surface area contributed by atoms with Crippen molar-refractivity contribution in [3.05, 3.63) is 83.5 Å². The first-order valence-corrected chi connectivity index (χ1v) is 28.2. The van der Waals surface area contributed by atoms with E-state index in [9.17, 15) is 48.3 Å². The number of hydrogen-bond donors (Lipinski definition) is 5. The molecule has 7 atom stereocenters. The summed E-state index contributed by atoms with van der Waals surface area (Å²) < 4.78 is 56.7. The van der Waals surface area contributed by atoms with Gasteiger partial charge in [0, 0.05) is 25.5 Å². The lowest BCUT2D eigenvalue weighted by Gasteiger charge is -2.21. The van der Waals surface area contributed by atoms with Gasteiger partial charge in [0.2, 0.25) is 0 Å². The molecule has 0 spiro atoms. The number of carbonyl (C=O) groups is 3. The lowest BCUT2D eigenvalue weighted by molar-refractivity contribution is -0.161. The first-order valence-electron chi connectivity index (χ1n) is 25.3. The number of aromatic nitrogens is 2. The summed E-state index contributed by atoms with van der Waals surface area (Å²) in [6, 6.07) is 1.24. The minimum absolute atomic E-state index is 0.00447. The quantitative estimate of drug-likeness (QED) is 0.0102. The Balaban J connectivity index is 1.83. The van der Waals surface area contributed by atoms with Crippen LogP contribution in [0.5, 0.6) is 0 Å². The second kappa shape index (κ2) is 37.8. The van der Waals surface area contributed by atoms with Crippen LogP contribution in [0, 0.1) is 0 Å². The number of nitrogens with two attached hydrogens (primary N) is 1. The van der Waals surface area contributed by atoms with Gasteiger partial charge in [-0.2, -0.15) is 9.29 Å². The Kier molecular flexibility index (Phi) is 33.7. The molecular formula is C50H81N3O16P2. The fourth-order valence-corrected chi connectivity index (χ4v) is 9.18. The Labute approximate surface area is 419 Å². The molecular weight excluding hydrogens is 961 g/mol. The summed E-state index contributed by atoms with van der Waals surface area (Å²) >= 11 is 0.